The van der Waals surface area contributed by atoms with Gasteiger partial charge in [-0.25, -0.2) is 6.57 Å². The van der Waals surface area contributed by atoms with Crippen LogP contribution in [0, 0.1) is 6.57 Å². The van der Waals surface area contributed by atoms with Crippen LogP contribution < -0.4 is 5.32 Å². The third-order valence-electron chi connectivity index (χ3n) is 3.22. The van der Waals surface area contributed by atoms with Crippen LogP contribution in [0.4, 0.5) is 0 Å². The molecule has 25 heavy (non-hydrogen) atoms. The Morgan fingerprint density at radius 3 is 2.00 bits per heavy atom. The van der Waals surface area contributed by atoms with E-state index in [1.165, 1.54) is 13.8 Å². The zero-order chi connectivity index (χ0) is 19.1. The van der Waals surface area contributed by atoms with Crippen LogP contribution in [-0.2, 0) is 38.1 Å². The first-order valence-corrected chi connectivity index (χ1v) is 7.42. The van der Waals surface area contributed by atoms with Crippen LogP contribution in [0.1, 0.15) is 27.7 Å². The van der Waals surface area contributed by atoms with Crippen LogP contribution >= 0.6 is 0 Å². The SMILES string of the molecule is [C-]#[N+][C@H]1O[C@H](COC(C)=O)[C@@H](OC(C)=O)[C@H](OC(C)=O)[C@@H]1NC(C)=O. The zero-order valence-corrected chi connectivity index (χ0v) is 14.3. The Labute approximate surface area is 144 Å². The highest BCUT2D eigenvalue weighted by Crippen LogP contribution is 2.27. The zero-order valence-electron chi connectivity index (χ0n) is 14.3. The molecule has 5 atom stereocenters. The molecule has 1 aliphatic heterocycles. The molecule has 1 fully saturated rings. The number of ether oxygens (including phenoxy) is 4. The van der Waals surface area contributed by atoms with E-state index in [-0.39, 0.29) is 6.61 Å². The summed E-state index contributed by atoms with van der Waals surface area (Å²) in [6, 6.07) is -1.06. The van der Waals surface area contributed by atoms with Crippen molar-refractivity contribution in [2.45, 2.75) is 58.3 Å². The van der Waals surface area contributed by atoms with E-state index < -0.39 is 54.4 Å². The summed E-state index contributed by atoms with van der Waals surface area (Å²) in [6.45, 7) is 11.6. The van der Waals surface area contributed by atoms with Gasteiger partial charge in [0, 0.05) is 27.7 Å². The monoisotopic (exact) mass is 356 g/mol. The van der Waals surface area contributed by atoms with Crippen molar-refractivity contribution in [3.8, 4) is 0 Å². The number of carbonyl (C=O) groups is 4. The Morgan fingerprint density at radius 2 is 1.56 bits per heavy atom. The number of rotatable bonds is 5. The van der Waals surface area contributed by atoms with E-state index in [1.807, 2.05) is 0 Å². The second-order valence-corrected chi connectivity index (χ2v) is 5.37. The fraction of sp³-hybridized carbons (Fsp3) is 0.667. The van der Waals surface area contributed by atoms with Crippen molar-refractivity contribution in [1.82, 2.24) is 5.32 Å². The smallest absolute Gasteiger partial charge is 0.352 e. The summed E-state index contributed by atoms with van der Waals surface area (Å²) in [5, 5.41) is 2.47. The van der Waals surface area contributed by atoms with E-state index >= 15 is 0 Å². The molecule has 1 rings (SSSR count). The lowest BCUT2D eigenvalue weighted by Gasteiger charge is -2.40. The number of hydrogen-bond donors (Lipinski definition) is 1. The van der Waals surface area contributed by atoms with Gasteiger partial charge in [0.25, 0.3) is 0 Å². The third kappa shape index (κ3) is 6.04. The highest BCUT2D eigenvalue weighted by atomic mass is 16.6. The molecule has 1 aliphatic rings. The molecule has 0 aromatic rings. The summed E-state index contributed by atoms with van der Waals surface area (Å²) >= 11 is 0. The van der Waals surface area contributed by atoms with E-state index in [0.29, 0.717) is 0 Å². The Morgan fingerprint density at radius 1 is 1.00 bits per heavy atom. The molecule has 0 aromatic heterocycles. The Hall–Kier alpha value is -2.67. The molecule has 1 heterocycles. The predicted octanol–water partition coefficient (Wildman–Crippen LogP) is -0.438. The Kier molecular flexibility index (Phi) is 7.32. The average Bonchev–Trinajstić information content (AvgIpc) is 2.48. The van der Waals surface area contributed by atoms with Crippen molar-refractivity contribution < 1.29 is 38.1 Å². The first-order chi connectivity index (χ1) is 11.6. The number of esters is 3. The molecule has 0 bridgehead atoms. The third-order valence-corrected chi connectivity index (χ3v) is 3.22. The lowest BCUT2D eigenvalue weighted by atomic mass is 9.95. The molecule has 0 aromatic carbocycles. The van der Waals surface area contributed by atoms with Gasteiger partial charge in [-0.05, 0) is 0 Å². The van der Waals surface area contributed by atoms with Gasteiger partial charge in [-0.3, -0.25) is 28.8 Å². The number of nitrogens with one attached hydrogen (secondary N) is 1. The molecule has 0 unspecified atom stereocenters. The predicted molar refractivity (Wildman–Crippen MR) is 80.6 cm³/mol. The van der Waals surface area contributed by atoms with Crippen molar-refractivity contribution in [2.24, 2.45) is 0 Å². The van der Waals surface area contributed by atoms with Crippen molar-refractivity contribution in [1.29, 1.82) is 0 Å². The lowest BCUT2D eigenvalue weighted by Crippen LogP contribution is -2.65. The minimum atomic E-state index is -1.22. The van der Waals surface area contributed by atoms with E-state index in [4.69, 9.17) is 25.5 Å². The average molecular weight is 356 g/mol. The topological polar surface area (TPSA) is 122 Å². The number of hydrogen-bond acceptors (Lipinski definition) is 8. The van der Waals surface area contributed by atoms with Gasteiger partial charge in [-0.2, -0.15) is 0 Å². The molecule has 0 radical (unpaired) electrons. The fourth-order valence-corrected chi connectivity index (χ4v) is 2.42. The molecule has 0 aliphatic carbocycles. The summed E-state index contributed by atoms with van der Waals surface area (Å²) in [4.78, 5) is 48.7. The van der Waals surface area contributed by atoms with Crippen molar-refractivity contribution in [3.05, 3.63) is 11.4 Å². The summed E-state index contributed by atoms with van der Waals surface area (Å²) < 4.78 is 20.7. The van der Waals surface area contributed by atoms with Gasteiger partial charge in [-0.1, -0.05) is 0 Å². The van der Waals surface area contributed by atoms with Gasteiger partial charge < -0.3 is 19.5 Å². The first-order valence-electron chi connectivity index (χ1n) is 7.42. The highest BCUT2D eigenvalue weighted by Gasteiger charge is 2.53. The van der Waals surface area contributed by atoms with E-state index in [1.54, 1.807) is 0 Å². The molecule has 1 amide bonds. The summed E-state index contributed by atoms with van der Waals surface area (Å²) in [5.41, 5.74) is 0. The molecule has 1 N–H and O–H groups in total. The highest BCUT2D eigenvalue weighted by molar-refractivity contribution is 5.73. The summed E-state index contributed by atoms with van der Waals surface area (Å²) in [5.74, 6) is -2.48. The van der Waals surface area contributed by atoms with Crippen molar-refractivity contribution in [2.75, 3.05) is 6.61 Å². The van der Waals surface area contributed by atoms with Gasteiger partial charge in [0.2, 0.25) is 5.91 Å². The van der Waals surface area contributed by atoms with Gasteiger partial charge in [0.05, 0.1) is 0 Å². The molecule has 0 spiro atoms. The number of amides is 1. The van der Waals surface area contributed by atoms with Crippen LogP contribution in [0.2, 0.25) is 0 Å². The maximum Gasteiger partial charge on any atom is 0.352 e. The maximum atomic E-state index is 11.5. The molecular formula is C15H20N2O8. The van der Waals surface area contributed by atoms with E-state index in [0.717, 1.165) is 13.8 Å². The second-order valence-electron chi connectivity index (χ2n) is 5.37. The lowest BCUT2D eigenvalue weighted by molar-refractivity contribution is -0.217. The minimum absolute atomic E-state index is 0.316. The van der Waals surface area contributed by atoms with Crippen molar-refractivity contribution >= 4 is 23.8 Å². The van der Waals surface area contributed by atoms with Gasteiger partial charge >= 0.3 is 24.1 Å². The van der Waals surface area contributed by atoms with Gasteiger partial charge in [0.15, 0.2) is 18.2 Å². The van der Waals surface area contributed by atoms with Gasteiger partial charge in [0.1, 0.15) is 12.7 Å². The van der Waals surface area contributed by atoms with Crippen LogP contribution in [-0.4, -0.2) is 61.0 Å². The normalized spacial score (nSPS) is 28.2. The second kappa shape index (κ2) is 8.98. The van der Waals surface area contributed by atoms with Crippen LogP contribution in [0.3, 0.4) is 0 Å². The molecule has 1 saturated heterocycles. The largest absolute Gasteiger partial charge is 0.463 e. The number of nitrogens with zero attached hydrogens (tertiary/aromatic N) is 1. The fourth-order valence-electron chi connectivity index (χ4n) is 2.42. The summed E-state index contributed by atoms with van der Waals surface area (Å²) in [6.07, 6.45) is -4.61. The first kappa shape index (κ1) is 20.4. The van der Waals surface area contributed by atoms with Gasteiger partial charge in [-0.15, -0.1) is 0 Å². The van der Waals surface area contributed by atoms with Crippen LogP contribution in [0.25, 0.3) is 4.85 Å². The van der Waals surface area contributed by atoms with E-state index in [9.17, 15) is 19.2 Å². The molecule has 138 valence electrons. The standard InChI is InChI=1S/C15H20N2O8/c1-7(18)17-12-14(24-10(4)21)13(23-9(3)20)11(6-22-8(2)19)25-15(12)16-5/h11-15H,6H2,1-4H3,(H,17,18)/t11-,12+,13-,14-,15+/m1/s1. The summed E-state index contributed by atoms with van der Waals surface area (Å²) in [7, 11) is 0. The maximum absolute atomic E-state index is 11.5. The van der Waals surface area contributed by atoms with Crippen LogP contribution in [0.15, 0.2) is 0 Å². The van der Waals surface area contributed by atoms with E-state index in [2.05, 4.69) is 10.2 Å². The van der Waals surface area contributed by atoms with Crippen molar-refractivity contribution in [3.63, 3.8) is 0 Å². The molecule has 0 saturated carbocycles. The quantitative estimate of drug-likeness (QED) is 0.400. The molecule has 10 nitrogen and oxygen atoms in total. The molecular weight excluding hydrogens is 336 g/mol. The molecule has 10 heteroatoms. The Bertz CT molecular complexity index is 585. The minimum Gasteiger partial charge on any atom is -0.463 e. The number of carbonyl (C=O) groups excluding carboxylic acids is 4. The van der Waals surface area contributed by atoms with Crippen LogP contribution in [0.5, 0.6) is 0 Å². The Balaban J connectivity index is 3.21.